The van der Waals surface area contributed by atoms with Crippen LogP contribution in [0.5, 0.6) is 5.75 Å². The van der Waals surface area contributed by atoms with Crippen LogP contribution in [0.1, 0.15) is 44.9 Å². The summed E-state index contributed by atoms with van der Waals surface area (Å²) in [5, 5.41) is 3.04. The van der Waals surface area contributed by atoms with E-state index in [4.69, 9.17) is 4.74 Å². The summed E-state index contributed by atoms with van der Waals surface area (Å²) in [4.78, 5) is 11.7. The average molecular weight is 249 g/mol. The molecule has 0 bridgehead atoms. The molecule has 1 aromatic carbocycles. The Hall–Kier alpha value is -1.35. The van der Waals surface area contributed by atoms with Gasteiger partial charge in [-0.1, -0.05) is 26.8 Å². The van der Waals surface area contributed by atoms with Gasteiger partial charge in [0.25, 0.3) is 0 Å². The van der Waals surface area contributed by atoms with Crippen molar-refractivity contribution in [1.82, 2.24) is 5.32 Å². The molecule has 0 aliphatic carbocycles. The summed E-state index contributed by atoms with van der Waals surface area (Å²) >= 11 is 0. The van der Waals surface area contributed by atoms with Gasteiger partial charge in [0, 0.05) is 5.56 Å². The molecule has 3 nitrogen and oxygen atoms in total. The normalized spacial score (nSPS) is 13.2. The highest BCUT2D eigenvalue weighted by molar-refractivity contribution is 5.83. The molecule has 1 unspecified atom stereocenters. The van der Waals surface area contributed by atoms with Gasteiger partial charge < -0.3 is 10.1 Å². The Morgan fingerprint density at radius 2 is 1.94 bits per heavy atom. The van der Waals surface area contributed by atoms with Crippen molar-refractivity contribution < 1.29 is 9.53 Å². The van der Waals surface area contributed by atoms with Crippen molar-refractivity contribution in [3.8, 4) is 5.75 Å². The molecule has 0 spiro atoms. The van der Waals surface area contributed by atoms with Crippen molar-refractivity contribution >= 4 is 5.78 Å². The van der Waals surface area contributed by atoms with E-state index < -0.39 is 0 Å². The average Bonchev–Trinajstić information content (AvgIpc) is 2.28. The number of benzene rings is 1. The summed E-state index contributed by atoms with van der Waals surface area (Å²) in [5.74, 6) is 0.833. The second-order valence-electron chi connectivity index (χ2n) is 5.54. The van der Waals surface area contributed by atoms with Gasteiger partial charge in [-0.2, -0.15) is 0 Å². The zero-order chi connectivity index (χ0) is 13.9. The molecule has 18 heavy (non-hydrogen) atoms. The van der Waals surface area contributed by atoms with E-state index in [0.717, 1.165) is 11.3 Å². The Balaban J connectivity index is 3.34. The minimum atomic E-state index is -0.317. The number of nitrogens with one attached hydrogen (secondary N) is 1. The number of ether oxygens (including phenoxy) is 1. The molecule has 1 atom stereocenters. The van der Waals surface area contributed by atoms with Crippen molar-refractivity contribution in [2.45, 2.75) is 39.2 Å². The molecule has 0 saturated heterocycles. The zero-order valence-corrected chi connectivity index (χ0v) is 12.1. The first-order valence-corrected chi connectivity index (χ1v) is 6.17. The summed E-state index contributed by atoms with van der Waals surface area (Å²) in [6, 6.07) is 5.72. The third-order valence-electron chi connectivity index (χ3n) is 3.10. The molecular weight excluding hydrogens is 226 g/mol. The Kier molecular flexibility index (Phi) is 4.52. The van der Waals surface area contributed by atoms with E-state index in [1.165, 1.54) is 5.56 Å². The van der Waals surface area contributed by atoms with Crippen LogP contribution in [-0.2, 0) is 10.2 Å². The molecule has 0 fully saturated rings. The van der Waals surface area contributed by atoms with E-state index in [1.807, 2.05) is 6.07 Å². The van der Waals surface area contributed by atoms with Crippen LogP contribution in [0.25, 0.3) is 0 Å². The molecule has 1 N–H and O–H groups in total. The van der Waals surface area contributed by atoms with Gasteiger partial charge in [0.05, 0.1) is 13.2 Å². The van der Waals surface area contributed by atoms with Crippen molar-refractivity contribution in [3.63, 3.8) is 0 Å². The highest BCUT2D eigenvalue weighted by Gasteiger charge is 2.22. The summed E-state index contributed by atoms with van der Waals surface area (Å²) in [6.45, 7) is 8.05. The second kappa shape index (κ2) is 5.53. The first-order valence-electron chi connectivity index (χ1n) is 6.17. The van der Waals surface area contributed by atoms with Gasteiger partial charge in [0.15, 0.2) is 5.78 Å². The van der Waals surface area contributed by atoms with Crippen LogP contribution >= 0.6 is 0 Å². The number of hydrogen-bond donors (Lipinski definition) is 1. The maximum Gasteiger partial charge on any atom is 0.151 e. The van der Waals surface area contributed by atoms with E-state index in [1.54, 1.807) is 21.1 Å². The molecule has 0 heterocycles. The quantitative estimate of drug-likeness (QED) is 0.891. The number of rotatable bonds is 4. The minimum absolute atomic E-state index is 0.0517. The smallest absolute Gasteiger partial charge is 0.151 e. The summed E-state index contributed by atoms with van der Waals surface area (Å²) in [6.07, 6.45) is 0. The van der Waals surface area contributed by atoms with Gasteiger partial charge in [-0.05, 0) is 37.1 Å². The van der Waals surface area contributed by atoms with Gasteiger partial charge in [0.1, 0.15) is 5.75 Å². The number of Topliss-reactive ketones (excluding diaryl/α,β-unsaturated/α-hetero) is 1. The summed E-state index contributed by atoms with van der Waals surface area (Å²) in [5.41, 5.74) is 2.15. The maximum atomic E-state index is 11.7. The van der Waals surface area contributed by atoms with Gasteiger partial charge in [-0.15, -0.1) is 0 Å². The van der Waals surface area contributed by atoms with E-state index in [2.05, 4.69) is 38.2 Å². The van der Waals surface area contributed by atoms with Gasteiger partial charge in [0.2, 0.25) is 0 Å². The van der Waals surface area contributed by atoms with Gasteiger partial charge in [-0.25, -0.2) is 0 Å². The molecule has 0 aromatic heterocycles. The number of methoxy groups -OCH3 is 1. The molecule has 0 aliphatic heterocycles. The molecule has 3 heteroatoms. The number of carbonyl (C=O) groups is 1. The lowest BCUT2D eigenvalue weighted by Gasteiger charge is -2.23. The second-order valence-corrected chi connectivity index (χ2v) is 5.54. The largest absolute Gasteiger partial charge is 0.496 e. The van der Waals surface area contributed by atoms with Gasteiger partial charge in [-0.3, -0.25) is 4.79 Å². The first kappa shape index (κ1) is 14.7. The maximum absolute atomic E-state index is 11.7. The Morgan fingerprint density at radius 3 is 2.33 bits per heavy atom. The molecule has 0 aliphatic rings. The standard InChI is InChI=1S/C15H23NO2/c1-10(17)14(16-5)12-9-11(15(2,3)4)7-8-13(12)18-6/h7-9,14,16H,1-6H3. The van der Waals surface area contributed by atoms with Crippen molar-refractivity contribution in [3.05, 3.63) is 29.3 Å². The van der Waals surface area contributed by atoms with Crippen LogP contribution in [0.2, 0.25) is 0 Å². The highest BCUT2D eigenvalue weighted by atomic mass is 16.5. The van der Waals surface area contributed by atoms with E-state index in [-0.39, 0.29) is 17.2 Å². The zero-order valence-electron chi connectivity index (χ0n) is 12.1. The predicted molar refractivity (Wildman–Crippen MR) is 74.2 cm³/mol. The van der Waals surface area contributed by atoms with Crippen molar-refractivity contribution in [2.75, 3.05) is 14.2 Å². The van der Waals surface area contributed by atoms with E-state index in [9.17, 15) is 4.79 Å². The van der Waals surface area contributed by atoms with Crippen LogP contribution in [0, 0.1) is 0 Å². The highest BCUT2D eigenvalue weighted by Crippen LogP contribution is 2.31. The number of hydrogen-bond acceptors (Lipinski definition) is 3. The summed E-state index contributed by atoms with van der Waals surface area (Å²) < 4.78 is 5.35. The molecule has 1 rings (SSSR count). The molecular formula is C15H23NO2. The van der Waals surface area contributed by atoms with Crippen LogP contribution in [0.15, 0.2) is 18.2 Å². The number of carbonyl (C=O) groups excluding carboxylic acids is 1. The predicted octanol–water partition coefficient (Wildman–Crippen LogP) is 2.84. The molecule has 0 radical (unpaired) electrons. The van der Waals surface area contributed by atoms with E-state index in [0.29, 0.717) is 0 Å². The Morgan fingerprint density at radius 1 is 1.33 bits per heavy atom. The van der Waals surface area contributed by atoms with Crippen LogP contribution in [0.3, 0.4) is 0 Å². The van der Waals surface area contributed by atoms with Crippen LogP contribution in [-0.4, -0.2) is 19.9 Å². The lowest BCUT2D eigenvalue weighted by Crippen LogP contribution is -2.24. The SMILES string of the molecule is CNC(C(C)=O)c1cc(C(C)(C)C)ccc1OC. The third kappa shape index (κ3) is 3.10. The number of ketones is 1. The molecule has 0 amide bonds. The lowest BCUT2D eigenvalue weighted by atomic mass is 9.85. The van der Waals surface area contributed by atoms with Crippen LogP contribution in [0.4, 0.5) is 0 Å². The molecule has 1 aromatic rings. The van der Waals surface area contributed by atoms with E-state index >= 15 is 0 Å². The summed E-state index contributed by atoms with van der Waals surface area (Å²) in [7, 11) is 3.41. The molecule has 0 saturated carbocycles. The van der Waals surface area contributed by atoms with Crippen LogP contribution < -0.4 is 10.1 Å². The third-order valence-corrected chi connectivity index (χ3v) is 3.10. The minimum Gasteiger partial charge on any atom is -0.496 e. The lowest BCUT2D eigenvalue weighted by molar-refractivity contribution is -0.119. The topological polar surface area (TPSA) is 38.3 Å². The Bertz CT molecular complexity index is 433. The van der Waals surface area contributed by atoms with Crippen molar-refractivity contribution in [1.29, 1.82) is 0 Å². The Labute approximate surface area is 110 Å². The number of likely N-dealkylation sites (N-methyl/N-ethyl adjacent to an activating group) is 1. The fourth-order valence-corrected chi connectivity index (χ4v) is 2.00. The van der Waals surface area contributed by atoms with Gasteiger partial charge >= 0.3 is 0 Å². The fraction of sp³-hybridized carbons (Fsp3) is 0.533. The van der Waals surface area contributed by atoms with Crippen molar-refractivity contribution in [2.24, 2.45) is 0 Å². The monoisotopic (exact) mass is 249 g/mol. The first-order chi connectivity index (χ1) is 8.31. The molecule has 100 valence electrons. The fourth-order valence-electron chi connectivity index (χ4n) is 2.00.